The van der Waals surface area contributed by atoms with E-state index in [0.717, 1.165) is 37.7 Å². The molecule has 0 unspecified atom stereocenters. The van der Waals surface area contributed by atoms with Crippen LogP contribution in [0.4, 0.5) is 5.69 Å². The van der Waals surface area contributed by atoms with Crippen molar-refractivity contribution in [2.24, 2.45) is 0 Å². The van der Waals surface area contributed by atoms with E-state index in [1.54, 1.807) is 16.4 Å². The summed E-state index contributed by atoms with van der Waals surface area (Å²) in [4.78, 5) is 0. The summed E-state index contributed by atoms with van der Waals surface area (Å²) in [6, 6.07) is 7.39. The van der Waals surface area contributed by atoms with E-state index in [0.29, 0.717) is 24.7 Å². The fraction of sp³-hybridized carbons (Fsp3) is 0.571. The van der Waals surface area contributed by atoms with Gasteiger partial charge in [0.25, 0.3) is 0 Å². The first kappa shape index (κ1) is 15.6. The zero-order valence-electron chi connectivity index (χ0n) is 11.5. The van der Waals surface area contributed by atoms with Crippen molar-refractivity contribution in [3.8, 4) is 0 Å². The summed E-state index contributed by atoms with van der Waals surface area (Å²) < 4.78 is 28.8. The van der Waals surface area contributed by atoms with Crippen LogP contribution in [0.2, 0.25) is 0 Å². The minimum atomic E-state index is -3.43. The van der Waals surface area contributed by atoms with Crippen molar-refractivity contribution < 1.29 is 8.42 Å². The van der Waals surface area contributed by atoms with Gasteiger partial charge in [-0.1, -0.05) is 25.0 Å². The maximum Gasteiger partial charge on any atom is 0.301 e. The molecule has 1 N–H and O–H groups in total. The largest absolute Gasteiger partial charge is 0.301 e. The van der Waals surface area contributed by atoms with Gasteiger partial charge in [0.1, 0.15) is 0 Å². The van der Waals surface area contributed by atoms with Gasteiger partial charge in [-0.2, -0.15) is 12.7 Å². The molecule has 2 rings (SSSR count). The van der Waals surface area contributed by atoms with Crippen LogP contribution in [0.15, 0.2) is 24.3 Å². The van der Waals surface area contributed by atoms with Crippen LogP contribution in [0.5, 0.6) is 0 Å². The molecule has 1 aromatic rings. The van der Waals surface area contributed by atoms with E-state index in [1.165, 1.54) is 0 Å². The van der Waals surface area contributed by atoms with Gasteiger partial charge >= 0.3 is 10.2 Å². The number of aryl methyl sites for hydroxylation is 1. The van der Waals surface area contributed by atoms with E-state index in [1.807, 2.05) is 12.1 Å². The quantitative estimate of drug-likeness (QED) is 0.849. The molecule has 1 saturated heterocycles. The molecule has 0 aliphatic carbocycles. The number of nitrogens with one attached hydrogen (secondary N) is 1. The Labute approximate surface area is 126 Å². The minimum absolute atomic E-state index is 0.568. The highest BCUT2D eigenvalue weighted by Gasteiger charge is 2.22. The van der Waals surface area contributed by atoms with E-state index in [2.05, 4.69) is 4.72 Å². The molecule has 6 heteroatoms. The third kappa shape index (κ3) is 4.36. The number of benzene rings is 1. The molecular formula is C14H21ClN2O2S. The van der Waals surface area contributed by atoms with E-state index in [4.69, 9.17) is 11.6 Å². The lowest BCUT2D eigenvalue weighted by Crippen LogP contribution is -2.36. The van der Waals surface area contributed by atoms with Gasteiger partial charge in [0.05, 0.1) is 0 Å². The number of hydrogen-bond acceptors (Lipinski definition) is 2. The van der Waals surface area contributed by atoms with E-state index in [-0.39, 0.29) is 0 Å². The number of hydrogen-bond donors (Lipinski definition) is 1. The lowest BCUT2D eigenvalue weighted by atomic mass is 10.2. The summed E-state index contributed by atoms with van der Waals surface area (Å²) >= 11 is 5.68. The van der Waals surface area contributed by atoms with E-state index < -0.39 is 10.2 Å². The molecule has 1 heterocycles. The molecule has 0 atom stereocenters. The summed E-state index contributed by atoms with van der Waals surface area (Å²) in [5.41, 5.74) is 1.71. The number of alkyl halides is 1. The predicted octanol–water partition coefficient (Wildman–Crippen LogP) is 3.00. The topological polar surface area (TPSA) is 49.4 Å². The van der Waals surface area contributed by atoms with E-state index in [9.17, 15) is 8.42 Å². The molecule has 1 aromatic carbocycles. The Morgan fingerprint density at radius 1 is 1.05 bits per heavy atom. The molecule has 4 nitrogen and oxygen atoms in total. The van der Waals surface area contributed by atoms with Crippen LogP contribution in [0.1, 0.15) is 31.2 Å². The highest BCUT2D eigenvalue weighted by Crippen LogP contribution is 2.17. The second-order valence-electron chi connectivity index (χ2n) is 5.06. The summed E-state index contributed by atoms with van der Waals surface area (Å²) in [5.74, 6) is 0.568. The molecule has 20 heavy (non-hydrogen) atoms. The van der Waals surface area contributed by atoms with Crippen LogP contribution in [-0.2, 0) is 16.6 Å². The Morgan fingerprint density at radius 2 is 1.65 bits per heavy atom. The Bertz CT molecular complexity index is 508. The van der Waals surface area contributed by atoms with Crippen LogP contribution >= 0.6 is 11.6 Å². The Morgan fingerprint density at radius 3 is 2.20 bits per heavy atom. The number of nitrogens with zero attached hydrogens (tertiary/aromatic N) is 1. The zero-order chi connectivity index (χ0) is 14.4. The van der Waals surface area contributed by atoms with Crippen LogP contribution < -0.4 is 4.72 Å². The Balaban J connectivity index is 2.03. The van der Waals surface area contributed by atoms with Gasteiger partial charge < -0.3 is 0 Å². The normalized spacial score (nSPS) is 17.6. The SMILES string of the molecule is O=S(=O)(Nc1ccc(CCCl)cc1)N1CCCCCC1. The summed E-state index contributed by atoms with van der Waals surface area (Å²) in [6.45, 7) is 1.22. The van der Waals surface area contributed by atoms with Crippen LogP contribution in [-0.4, -0.2) is 31.7 Å². The second kappa shape index (κ2) is 7.29. The van der Waals surface area contributed by atoms with Gasteiger partial charge in [-0.05, 0) is 37.0 Å². The lowest BCUT2D eigenvalue weighted by Gasteiger charge is -2.20. The van der Waals surface area contributed by atoms with Crippen molar-refractivity contribution in [1.82, 2.24) is 4.31 Å². The molecule has 1 aliphatic rings. The van der Waals surface area contributed by atoms with Crippen molar-refractivity contribution in [1.29, 1.82) is 0 Å². The molecule has 112 valence electrons. The third-order valence-electron chi connectivity index (χ3n) is 3.49. The maximum atomic E-state index is 12.3. The van der Waals surface area contributed by atoms with Crippen molar-refractivity contribution in [3.05, 3.63) is 29.8 Å². The fourth-order valence-corrected chi connectivity index (χ4v) is 3.86. The summed E-state index contributed by atoms with van der Waals surface area (Å²) in [5, 5.41) is 0. The standard InChI is InChI=1S/C14H21ClN2O2S/c15-10-9-13-5-7-14(8-6-13)16-20(18,19)17-11-3-1-2-4-12-17/h5-8,16H,1-4,9-12H2. The first-order valence-corrected chi connectivity index (χ1v) is 9.02. The Hall–Kier alpha value is -0.780. The van der Waals surface area contributed by atoms with Crippen molar-refractivity contribution in [2.45, 2.75) is 32.1 Å². The molecule has 1 aliphatic heterocycles. The van der Waals surface area contributed by atoms with Crippen molar-refractivity contribution in [3.63, 3.8) is 0 Å². The summed E-state index contributed by atoms with van der Waals surface area (Å²) in [7, 11) is -3.43. The second-order valence-corrected chi connectivity index (χ2v) is 7.10. The minimum Gasteiger partial charge on any atom is -0.271 e. The lowest BCUT2D eigenvalue weighted by molar-refractivity contribution is 0.427. The molecule has 0 aromatic heterocycles. The molecule has 0 bridgehead atoms. The van der Waals surface area contributed by atoms with E-state index >= 15 is 0 Å². The molecule has 0 spiro atoms. The monoisotopic (exact) mass is 316 g/mol. The molecule has 0 amide bonds. The smallest absolute Gasteiger partial charge is 0.271 e. The molecule has 1 fully saturated rings. The highest BCUT2D eigenvalue weighted by atomic mass is 35.5. The predicted molar refractivity (Wildman–Crippen MR) is 83.4 cm³/mol. The van der Waals surface area contributed by atoms with Crippen molar-refractivity contribution >= 4 is 27.5 Å². The van der Waals surface area contributed by atoms with Gasteiger partial charge in [0.2, 0.25) is 0 Å². The zero-order valence-corrected chi connectivity index (χ0v) is 13.1. The average Bonchev–Trinajstić information content (AvgIpc) is 2.70. The van der Waals surface area contributed by atoms with Crippen LogP contribution in [0, 0.1) is 0 Å². The molecule has 0 saturated carbocycles. The van der Waals surface area contributed by atoms with Crippen molar-refractivity contribution in [2.75, 3.05) is 23.7 Å². The van der Waals surface area contributed by atoms with Gasteiger partial charge in [-0.3, -0.25) is 4.72 Å². The number of anilines is 1. The van der Waals surface area contributed by atoms with Gasteiger partial charge in [0, 0.05) is 24.7 Å². The maximum absolute atomic E-state index is 12.3. The molecule has 0 radical (unpaired) electrons. The average molecular weight is 317 g/mol. The first-order valence-electron chi connectivity index (χ1n) is 7.04. The highest BCUT2D eigenvalue weighted by molar-refractivity contribution is 7.90. The summed E-state index contributed by atoms with van der Waals surface area (Å²) in [6.07, 6.45) is 4.89. The van der Waals surface area contributed by atoms with Crippen LogP contribution in [0.25, 0.3) is 0 Å². The third-order valence-corrected chi connectivity index (χ3v) is 5.22. The van der Waals surface area contributed by atoms with Gasteiger partial charge in [0.15, 0.2) is 0 Å². The van der Waals surface area contributed by atoms with Crippen LogP contribution in [0.3, 0.4) is 0 Å². The van der Waals surface area contributed by atoms with Gasteiger partial charge in [-0.25, -0.2) is 0 Å². The number of rotatable bonds is 5. The Kier molecular flexibility index (Phi) is 5.69. The molecular weight excluding hydrogens is 296 g/mol. The van der Waals surface area contributed by atoms with Gasteiger partial charge in [-0.15, -0.1) is 11.6 Å². The fourth-order valence-electron chi connectivity index (χ4n) is 2.34. The number of halogens is 1. The first-order chi connectivity index (χ1) is 9.62.